The number of benzene rings is 2. The van der Waals surface area contributed by atoms with Gasteiger partial charge in [-0.25, -0.2) is 0 Å². The number of nitrogens with zero attached hydrogens (tertiary/aromatic N) is 1. The summed E-state index contributed by atoms with van der Waals surface area (Å²) >= 11 is 1.60. The van der Waals surface area contributed by atoms with Gasteiger partial charge in [0.05, 0.1) is 19.8 Å². The minimum Gasteiger partial charge on any atom is -0.493 e. The van der Waals surface area contributed by atoms with E-state index in [9.17, 15) is 9.59 Å². The molecule has 0 unspecified atom stereocenters. The van der Waals surface area contributed by atoms with E-state index in [1.807, 2.05) is 38.1 Å². The molecule has 2 aromatic rings. The summed E-state index contributed by atoms with van der Waals surface area (Å²) in [5, 5.41) is 2.74. The Bertz CT molecular complexity index is 1120. The van der Waals surface area contributed by atoms with Crippen molar-refractivity contribution in [3.63, 3.8) is 0 Å². The van der Waals surface area contributed by atoms with Gasteiger partial charge in [0.25, 0.3) is 5.91 Å². The monoisotopic (exact) mass is 456 g/mol. The lowest BCUT2D eigenvalue weighted by atomic mass is 10.0. The summed E-state index contributed by atoms with van der Waals surface area (Å²) in [4.78, 5) is 28.5. The van der Waals surface area contributed by atoms with Crippen LogP contribution >= 0.6 is 11.8 Å². The van der Waals surface area contributed by atoms with Crippen molar-refractivity contribution in [3.8, 4) is 23.0 Å². The van der Waals surface area contributed by atoms with Crippen LogP contribution in [0.3, 0.4) is 0 Å². The molecular weight excluding hydrogens is 432 g/mol. The molecule has 0 spiro atoms. The van der Waals surface area contributed by atoms with Crippen LogP contribution in [-0.2, 0) is 11.3 Å². The van der Waals surface area contributed by atoms with E-state index in [1.54, 1.807) is 22.7 Å². The predicted molar refractivity (Wildman–Crippen MR) is 118 cm³/mol. The van der Waals surface area contributed by atoms with Crippen molar-refractivity contribution in [2.24, 2.45) is 0 Å². The number of thioether (sulfide) groups is 1. The number of hydrogen-bond donors (Lipinski definition) is 1. The fourth-order valence-corrected chi connectivity index (χ4v) is 6.17. The number of nitrogens with one attached hydrogen (secondary N) is 1. The number of rotatable bonds is 5. The molecule has 0 radical (unpaired) electrons. The van der Waals surface area contributed by atoms with Crippen molar-refractivity contribution in [2.75, 3.05) is 21.0 Å². The van der Waals surface area contributed by atoms with Gasteiger partial charge in [0, 0.05) is 16.9 Å². The molecular formula is C23H24N2O6S. The number of fused-ring (bicyclic) bond motifs is 4. The first kappa shape index (κ1) is 20.8. The molecule has 1 saturated heterocycles. The number of carbonyl (C=O) groups is 2. The minimum absolute atomic E-state index is 0.199. The minimum atomic E-state index is -0.637. The molecule has 1 fully saturated rings. The molecule has 2 atom stereocenters. The van der Waals surface area contributed by atoms with Crippen molar-refractivity contribution in [1.82, 2.24) is 10.2 Å². The molecule has 8 nitrogen and oxygen atoms in total. The van der Waals surface area contributed by atoms with E-state index in [0.29, 0.717) is 35.1 Å². The quantitative estimate of drug-likeness (QED) is 0.740. The molecule has 5 rings (SSSR count). The zero-order valence-electron chi connectivity index (χ0n) is 18.3. The van der Waals surface area contributed by atoms with E-state index in [-0.39, 0.29) is 24.0 Å². The molecule has 2 amide bonds. The third kappa shape index (κ3) is 3.06. The van der Waals surface area contributed by atoms with Gasteiger partial charge in [-0.15, -0.1) is 11.8 Å². The normalized spacial score (nSPS) is 21.9. The first-order chi connectivity index (χ1) is 15.4. The summed E-state index contributed by atoms with van der Waals surface area (Å²) in [6.45, 7) is 4.51. The molecule has 0 aromatic heterocycles. The molecule has 32 heavy (non-hydrogen) atoms. The van der Waals surface area contributed by atoms with Crippen LogP contribution in [-0.4, -0.2) is 48.5 Å². The van der Waals surface area contributed by atoms with Crippen molar-refractivity contribution in [3.05, 3.63) is 47.0 Å². The molecule has 0 saturated carbocycles. The summed E-state index contributed by atoms with van der Waals surface area (Å²) < 4.78 is 21.1. The van der Waals surface area contributed by atoms with Gasteiger partial charge >= 0.3 is 0 Å². The van der Waals surface area contributed by atoms with Crippen molar-refractivity contribution in [1.29, 1.82) is 0 Å². The maximum absolute atomic E-state index is 13.5. The topological polar surface area (TPSA) is 86.3 Å². The maximum atomic E-state index is 13.5. The van der Waals surface area contributed by atoms with Gasteiger partial charge in [-0.05, 0) is 37.6 Å². The Morgan fingerprint density at radius 3 is 2.72 bits per heavy atom. The van der Waals surface area contributed by atoms with Gasteiger partial charge in [0.15, 0.2) is 23.0 Å². The van der Waals surface area contributed by atoms with E-state index in [2.05, 4.69) is 5.32 Å². The van der Waals surface area contributed by atoms with E-state index in [0.717, 1.165) is 11.1 Å². The van der Waals surface area contributed by atoms with Crippen LogP contribution in [0.4, 0.5) is 0 Å². The molecule has 9 heteroatoms. The molecule has 1 N–H and O–H groups in total. The Hall–Kier alpha value is -3.07. The van der Waals surface area contributed by atoms with Crippen LogP contribution in [0.1, 0.15) is 40.7 Å². The Labute approximate surface area is 190 Å². The van der Waals surface area contributed by atoms with Crippen LogP contribution in [0.2, 0.25) is 0 Å². The van der Waals surface area contributed by atoms with Gasteiger partial charge in [-0.1, -0.05) is 12.1 Å². The molecule has 3 heterocycles. The summed E-state index contributed by atoms with van der Waals surface area (Å²) in [7, 11) is 3.05. The van der Waals surface area contributed by atoms with Gasteiger partial charge < -0.3 is 29.2 Å². The highest BCUT2D eigenvalue weighted by Crippen LogP contribution is 2.58. The summed E-state index contributed by atoms with van der Waals surface area (Å²) in [5.74, 6) is 1.84. The highest BCUT2D eigenvalue weighted by atomic mass is 32.2. The Balaban J connectivity index is 1.41. The average Bonchev–Trinajstić information content (AvgIpc) is 3.43. The summed E-state index contributed by atoms with van der Waals surface area (Å²) in [6, 6.07) is 8.62. The van der Waals surface area contributed by atoms with Crippen LogP contribution in [0.5, 0.6) is 23.0 Å². The number of methoxy groups -OCH3 is 2. The second-order valence-corrected chi connectivity index (χ2v) is 10.1. The number of carbonyl (C=O) groups excluding carboxylic acids is 2. The van der Waals surface area contributed by atoms with E-state index in [4.69, 9.17) is 18.9 Å². The Kier molecular flexibility index (Phi) is 4.88. The van der Waals surface area contributed by atoms with Gasteiger partial charge in [0.2, 0.25) is 12.7 Å². The van der Waals surface area contributed by atoms with Gasteiger partial charge in [0.1, 0.15) is 11.4 Å². The third-order valence-corrected chi connectivity index (χ3v) is 7.58. The zero-order valence-corrected chi connectivity index (χ0v) is 19.1. The van der Waals surface area contributed by atoms with Crippen molar-refractivity contribution in [2.45, 2.75) is 36.6 Å². The SMILES string of the molecule is COc1ccc2c(c1OC)C(=O)N1[C@@H]2SC(C)(C)[C@H]1C(=O)NCc1ccc2c(c1)OCO2. The highest BCUT2D eigenvalue weighted by molar-refractivity contribution is 8.01. The molecule has 3 aliphatic rings. The maximum Gasteiger partial charge on any atom is 0.260 e. The number of hydrogen-bond acceptors (Lipinski definition) is 7. The molecule has 2 aromatic carbocycles. The fraction of sp³-hybridized carbons (Fsp3) is 0.391. The molecule has 0 aliphatic carbocycles. The average molecular weight is 457 g/mol. The van der Waals surface area contributed by atoms with Crippen LogP contribution < -0.4 is 24.3 Å². The molecule has 168 valence electrons. The zero-order chi connectivity index (χ0) is 22.6. The largest absolute Gasteiger partial charge is 0.493 e. The third-order valence-electron chi connectivity index (χ3n) is 6.05. The lowest BCUT2D eigenvalue weighted by molar-refractivity contribution is -0.126. The Morgan fingerprint density at radius 1 is 1.19 bits per heavy atom. The lowest BCUT2D eigenvalue weighted by Gasteiger charge is -2.29. The number of ether oxygens (including phenoxy) is 4. The van der Waals surface area contributed by atoms with Gasteiger partial charge in [-0.2, -0.15) is 0 Å². The second kappa shape index (κ2) is 7.51. The lowest BCUT2D eigenvalue weighted by Crippen LogP contribution is -2.52. The summed E-state index contributed by atoms with van der Waals surface area (Å²) in [5.41, 5.74) is 2.20. The van der Waals surface area contributed by atoms with Crippen LogP contribution in [0.15, 0.2) is 30.3 Å². The van der Waals surface area contributed by atoms with Crippen molar-refractivity contribution >= 4 is 23.6 Å². The molecule has 3 aliphatic heterocycles. The fourth-order valence-electron chi connectivity index (χ4n) is 4.59. The van der Waals surface area contributed by atoms with Gasteiger partial charge in [-0.3, -0.25) is 9.59 Å². The predicted octanol–water partition coefficient (Wildman–Crippen LogP) is 3.10. The van der Waals surface area contributed by atoms with Crippen molar-refractivity contribution < 1.29 is 28.5 Å². The van der Waals surface area contributed by atoms with E-state index >= 15 is 0 Å². The highest BCUT2D eigenvalue weighted by Gasteiger charge is 2.58. The molecule has 0 bridgehead atoms. The second-order valence-electron chi connectivity index (χ2n) is 8.36. The Morgan fingerprint density at radius 2 is 1.97 bits per heavy atom. The first-order valence-corrected chi connectivity index (χ1v) is 11.1. The van der Waals surface area contributed by atoms with Crippen LogP contribution in [0, 0.1) is 0 Å². The van der Waals surface area contributed by atoms with E-state index < -0.39 is 10.8 Å². The van der Waals surface area contributed by atoms with Crippen LogP contribution in [0.25, 0.3) is 0 Å². The first-order valence-electron chi connectivity index (χ1n) is 10.3. The summed E-state index contributed by atoms with van der Waals surface area (Å²) in [6.07, 6.45) is 0. The number of amides is 2. The smallest absolute Gasteiger partial charge is 0.260 e. The van der Waals surface area contributed by atoms with E-state index in [1.165, 1.54) is 14.2 Å². The standard InChI is InChI=1S/C23H24N2O6S/c1-23(2)19(20(26)24-10-12-5-7-14-16(9-12)31-11-30-14)25-21(27)17-13(22(25)32-23)6-8-15(28-3)18(17)29-4/h5-9,19,22H,10-11H2,1-4H3,(H,24,26)/t19-,22-/m1/s1.